The van der Waals surface area contributed by atoms with E-state index in [9.17, 15) is 20.2 Å². The largest absolute Gasteiger partial charge is 0.497 e. The summed E-state index contributed by atoms with van der Waals surface area (Å²) in [4.78, 5) is 22.5. The first-order valence-electron chi connectivity index (χ1n) is 7.27. The molecule has 0 aromatic heterocycles. The molecule has 0 radical (unpaired) electrons. The summed E-state index contributed by atoms with van der Waals surface area (Å²) in [5, 5.41) is 22.6. The Kier molecular flexibility index (Phi) is 5.48. The van der Waals surface area contributed by atoms with E-state index in [0.29, 0.717) is 22.6 Å². The number of non-ortho nitro benzene ring substituents is 1. The third-order valence-electron chi connectivity index (χ3n) is 3.46. The number of anilines is 1. The van der Waals surface area contributed by atoms with Crippen LogP contribution in [-0.4, -0.2) is 17.9 Å². The van der Waals surface area contributed by atoms with Crippen LogP contribution in [0.3, 0.4) is 0 Å². The van der Waals surface area contributed by atoms with E-state index in [1.54, 1.807) is 38.3 Å². The van der Waals surface area contributed by atoms with Crippen molar-refractivity contribution in [3.8, 4) is 11.8 Å². The molecule has 0 aliphatic carbocycles. The number of hydrogen-bond acceptors (Lipinski definition) is 5. The highest BCUT2D eigenvalue weighted by Gasteiger charge is 2.13. The average molecular weight is 337 g/mol. The minimum Gasteiger partial charge on any atom is -0.497 e. The van der Waals surface area contributed by atoms with Crippen molar-refractivity contribution < 1.29 is 14.5 Å². The minimum absolute atomic E-state index is 0.0650. The van der Waals surface area contributed by atoms with Crippen molar-refractivity contribution in [2.24, 2.45) is 0 Å². The number of benzene rings is 2. The molecule has 0 fully saturated rings. The lowest BCUT2D eigenvalue weighted by Crippen LogP contribution is -2.14. The van der Waals surface area contributed by atoms with E-state index in [2.05, 4.69) is 5.32 Å². The molecule has 0 aliphatic rings. The normalized spacial score (nSPS) is 10.7. The Bertz CT molecular complexity index is 880. The Morgan fingerprint density at radius 2 is 1.96 bits per heavy atom. The van der Waals surface area contributed by atoms with Crippen molar-refractivity contribution in [2.75, 3.05) is 12.4 Å². The van der Waals surface area contributed by atoms with E-state index >= 15 is 0 Å². The van der Waals surface area contributed by atoms with E-state index in [4.69, 9.17) is 4.74 Å². The number of carbonyl (C=O) groups is 1. The van der Waals surface area contributed by atoms with Gasteiger partial charge in [-0.1, -0.05) is 12.1 Å². The van der Waals surface area contributed by atoms with Gasteiger partial charge < -0.3 is 10.1 Å². The zero-order chi connectivity index (χ0) is 18.4. The summed E-state index contributed by atoms with van der Waals surface area (Å²) in [6.07, 6.45) is 1.45. The van der Waals surface area contributed by atoms with E-state index in [0.717, 1.165) is 0 Å². The van der Waals surface area contributed by atoms with Crippen LogP contribution in [0.25, 0.3) is 6.08 Å². The number of hydrogen-bond donors (Lipinski definition) is 1. The number of nitrogens with one attached hydrogen (secondary N) is 1. The fraction of sp³-hybridized carbons (Fsp3) is 0.111. The van der Waals surface area contributed by atoms with E-state index in [1.165, 1.54) is 24.3 Å². The molecule has 0 bridgehead atoms. The lowest BCUT2D eigenvalue weighted by Gasteiger charge is -2.07. The number of nitro benzene ring substituents is 1. The predicted molar refractivity (Wildman–Crippen MR) is 93.0 cm³/mol. The molecule has 0 saturated heterocycles. The van der Waals surface area contributed by atoms with Crippen LogP contribution in [0.1, 0.15) is 11.1 Å². The van der Waals surface area contributed by atoms with Gasteiger partial charge in [-0.15, -0.1) is 0 Å². The van der Waals surface area contributed by atoms with Crippen molar-refractivity contribution in [1.29, 1.82) is 5.26 Å². The van der Waals surface area contributed by atoms with Crippen molar-refractivity contribution >= 4 is 23.4 Å². The first kappa shape index (κ1) is 17.7. The molecule has 126 valence electrons. The van der Waals surface area contributed by atoms with Gasteiger partial charge in [-0.3, -0.25) is 14.9 Å². The van der Waals surface area contributed by atoms with Gasteiger partial charge in [0.05, 0.1) is 12.0 Å². The van der Waals surface area contributed by atoms with E-state index in [-0.39, 0.29) is 11.3 Å². The monoisotopic (exact) mass is 337 g/mol. The van der Waals surface area contributed by atoms with Crippen LogP contribution in [0.2, 0.25) is 0 Å². The number of ether oxygens (including phenoxy) is 1. The number of carbonyl (C=O) groups excluding carboxylic acids is 1. The zero-order valence-electron chi connectivity index (χ0n) is 13.6. The SMILES string of the molecule is COc1ccc(/C=C(/C#N)C(=O)Nc2ccc([N+](=O)[O-])cc2C)cc1. The number of amides is 1. The molecule has 0 atom stereocenters. The molecule has 7 heteroatoms. The van der Waals surface area contributed by atoms with Gasteiger partial charge in [-0.2, -0.15) is 5.26 Å². The number of nitro groups is 1. The van der Waals surface area contributed by atoms with Crippen LogP contribution < -0.4 is 10.1 Å². The second kappa shape index (κ2) is 7.75. The van der Waals surface area contributed by atoms with Gasteiger partial charge in [0.2, 0.25) is 0 Å². The molecular formula is C18H15N3O4. The number of aryl methyl sites for hydroxylation is 1. The Hall–Kier alpha value is -3.66. The average Bonchev–Trinajstić information content (AvgIpc) is 2.61. The fourth-order valence-electron chi connectivity index (χ4n) is 2.11. The van der Waals surface area contributed by atoms with Gasteiger partial charge >= 0.3 is 0 Å². The Balaban J connectivity index is 2.21. The summed E-state index contributed by atoms with van der Waals surface area (Å²) >= 11 is 0. The second-order valence-corrected chi connectivity index (χ2v) is 5.15. The van der Waals surface area contributed by atoms with E-state index in [1.807, 2.05) is 6.07 Å². The summed E-state index contributed by atoms with van der Waals surface area (Å²) in [7, 11) is 1.55. The molecule has 0 aliphatic heterocycles. The predicted octanol–water partition coefficient (Wildman–Crippen LogP) is 3.46. The molecule has 0 heterocycles. The van der Waals surface area contributed by atoms with Gasteiger partial charge in [0.1, 0.15) is 17.4 Å². The molecule has 2 aromatic carbocycles. The molecule has 1 N–H and O–H groups in total. The highest BCUT2D eigenvalue weighted by molar-refractivity contribution is 6.10. The van der Waals surface area contributed by atoms with Crippen LogP contribution in [0.4, 0.5) is 11.4 Å². The number of rotatable bonds is 5. The molecule has 0 spiro atoms. The van der Waals surface area contributed by atoms with Crippen LogP contribution in [0, 0.1) is 28.4 Å². The van der Waals surface area contributed by atoms with Crippen molar-refractivity contribution in [3.63, 3.8) is 0 Å². The Morgan fingerprint density at radius 3 is 2.48 bits per heavy atom. The third-order valence-corrected chi connectivity index (χ3v) is 3.46. The standard InChI is InChI=1S/C18H15N3O4/c1-12-9-15(21(23)24)5-8-17(12)20-18(22)14(11-19)10-13-3-6-16(25-2)7-4-13/h3-10H,1-2H3,(H,20,22)/b14-10-. The van der Waals surface area contributed by atoms with Gasteiger partial charge in [-0.25, -0.2) is 0 Å². The molecule has 0 unspecified atom stereocenters. The molecule has 1 amide bonds. The minimum atomic E-state index is -0.588. The topological polar surface area (TPSA) is 105 Å². The Labute approximate surface area is 144 Å². The van der Waals surface area contributed by atoms with Crippen LogP contribution in [0.5, 0.6) is 5.75 Å². The highest BCUT2D eigenvalue weighted by Crippen LogP contribution is 2.22. The summed E-state index contributed by atoms with van der Waals surface area (Å²) in [5.41, 5.74) is 1.47. The summed E-state index contributed by atoms with van der Waals surface area (Å²) < 4.78 is 5.05. The second-order valence-electron chi connectivity index (χ2n) is 5.15. The molecule has 2 rings (SSSR count). The summed E-state index contributed by atoms with van der Waals surface area (Å²) in [6, 6.07) is 12.8. The quantitative estimate of drug-likeness (QED) is 0.389. The number of nitriles is 1. The lowest BCUT2D eigenvalue weighted by molar-refractivity contribution is -0.384. The van der Waals surface area contributed by atoms with Crippen molar-refractivity contribution in [2.45, 2.75) is 6.92 Å². The zero-order valence-corrected chi connectivity index (χ0v) is 13.6. The first-order valence-corrected chi connectivity index (χ1v) is 7.27. The molecule has 0 saturated carbocycles. The van der Waals surface area contributed by atoms with Crippen LogP contribution in [0.15, 0.2) is 48.0 Å². The first-order chi connectivity index (χ1) is 11.9. The van der Waals surface area contributed by atoms with Gasteiger partial charge in [0.25, 0.3) is 11.6 Å². The van der Waals surface area contributed by atoms with Gasteiger partial charge in [-0.05, 0) is 42.3 Å². The van der Waals surface area contributed by atoms with Crippen LogP contribution >= 0.6 is 0 Å². The maximum Gasteiger partial charge on any atom is 0.269 e. The highest BCUT2D eigenvalue weighted by atomic mass is 16.6. The summed E-state index contributed by atoms with van der Waals surface area (Å²) in [5.74, 6) is 0.0804. The maximum atomic E-state index is 12.3. The Morgan fingerprint density at radius 1 is 1.28 bits per heavy atom. The van der Waals surface area contributed by atoms with Crippen LogP contribution in [-0.2, 0) is 4.79 Å². The fourth-order valence-corrected chi connectivity index (χ4v) is 2.11. The van der Waals surface area contributed by atoms with E-state index < -0.39 is 10.8 Å². The summed E-state index contributed by atoms with van der Waals surface area (Å²) in [6.45, 7) is 1.64. The third kappa shape index (κ3) is 4.42. The molecule has 7 nitrogen and oxygen atoms in total. The molecular weight excluding hydrogens is 322 g/mol. The maximum absolute atomic E-state index is 12.3. The van der Waals surface area contributed by atoms with Crippen molar-refractivity contribution in [1.82, 2.24) is 0 Å². The smallest absolute Gasteiger partial charge is 0.269 e. The van der Waals surface area contributed by atoms with Crippen molar-refractivity contribution in [3.05, 3.63) is 69.3 Å². The number of methoxy groups -OCH3 is 1. The number of nitrogens with zero attached hydrogens (tertiary/aromatic N) is 2. The molecule has 25 heavy (non-hydrogen) atoms. The van der Waals surface area contributed by atoms with Gasteiger partial charge in [0, 0.05) is 17.8 Å². The molecule has 2 aromatic rings. The lowest BCUT2D eigenvalue weighted by atomic mass is 10.1. The van der Waals surface area contributed by atoms with Gasteiger partial charge in [0.15, 0.2) is 0 Å².